The first-order valence-corrected chi connectivity index (χ1v) is 7.16. The Bertz CT molecular complexity index is 780. The first-order valence-electron chi connectivity index (χ1n) is 6.40. The highest BCUT2D eigenvalue weighted by atomic mass is 35.5. The van der Waals surface area contributed by atoms with Crippen LogP contribution in [-0.2, 0) is 0 Å². The van der Waals surface area contributed by atoms with E-state index in [1.54, 1.807) is 37.4 Å². The molecule has 1 N–H and O–H groups in total. The average Bonchev–Trinajstić information content (AvgIpc) is 2.85. The molecule has 2 nitrogen and oxygen atoms in total. The number of hydrogen-bond donors (Lipinski definition) is 1. The molecule has 5 heteroatoms. The molecule has 0 spiro atoms. The molecule has 108 valence electrons. The smallest absolute Gasteiger partial charge is 0.134 e. The van der Waals surface area contributed by atoms with Gasteiger partial charge in [-0.15, -0.1) is 0 Å². The van der Waals surface area contributed by atoms with Crippen LogP contribution in [0.4, 0.5) is 4.39 Å². The molecule has 1 heterocycles. The van der Waals surface area contributed by atoms with E-state index in [9.17, 15) is 4.39 Å². The van der Waals surface area contributed by atoms with Crippen LogP contribution in [0, 0.1) is 5.82 Å². The molecule has 0 amide bonds. The van der Waals surface area contributed by atoms with Crippen molar-refractivity contribution in [1.82, 2.24) is 5.32 Å². The minimum absolute atomic E-state index is 0.299. The molecule has 0 radical (unpaired) electrons. The van der Waals surface area contributed by atoms with Crippen LogP contribution in [0.2, 0.25) is 10.0 Å². The van der Waals surface area contributed by atoms with Gasteiger partial charge in [0, 0.05) is 21.0 Å². The third-order valence-corrected chi connectivity index (χ3v) is 4.02. The van der Waals surface area contributed by atoms with Crippen molar-refractivity contribution in [3.8, 4) is 0 Å². The lowest BCUT2D eigenvalue weighted by Gasteiger charge is -2.17. The molecule has 0 saturated heterocycles. The third-order valence-electron chi connectivity index (χ3n) is 3.36. The summed E-state index contributed by atoms with van der Waals surface area (Å²) < 4.78 is 19.1. The Balaban J connectivity index is 2.14. The Labute approximate surface area is 131 Å². The zero-order valence-corrected chi connectivity index (χ0v) is 12.7. The Morgan fingerprint density at radius 2 is 1.81 bits per heavy atom. The quantitative estimate of drug-likeness (QED) is 0.717. The monoisotopic (exact) mass is 323 g/mol. The molecule has 2 aromatic carbocycles. The van der Waals surface area contributed by atoms with E-state index in [1.807, 2.05) is 0 Å². The summed E-state index contributed by atoms with van der Waals surface area (Å²) in [6, 6.07) is 11.2. The van der Waals surface area contributed by atoms with E-state index in [4.69, 9.17) is 27.6 Å². The van der Waals surface area contributed by atoms with Gasteiger partial charge in [-0.05, 0) is 43.4 Å². The van der Waals surface area contributed by atoms with Gasteiger partial charge in [0.25, 0.3) is 0 Å². The second-order valence-electron chi connectivity index (χ2n) is 4.69. The number of nitrogens with one attached hydrogen (secondary N) is 1. The van der Waals surface area contributed by atoms with Crippen molar-refractivity contribution in [3.05, 3.63) is 69.7 Å². The fourth-order valence-corrected chi connectivity index (χ4v) is 3.01. The predicted molar refractivity (Wildman–Crippen MR) is 83.5 cm³/mol. The van der Waals surface area contributed by atoms with Crippen LogP contribution in [0.3, 0.4) is 0 Å². The van der Waals surface area contributed by atoms with Crippen molar-refractivity contribution < 1.29 is 8.81 Å². The Morgan fingerprint density at radius 3 is 2.48 bits per heavy atom. The molecule has 21 heavy (non-hydrogen) atoms. The number of hydrogen-bond acceptors (Lipinski definition) is 2. The Kier molecular flexibility index (Phi) is 3.89. The van der Waals surface area contributed by atoms with Crippen LogP contribution in [0.25, 0.3) is 11.0 Å². The molecule has 3 rings (SSSR count). The van der Waals surface area contributed by atoms with Gasteiger partial charge in [0.15, 0.2) is 0 Å². The zero-order chi connectivity index (χ0) is 15.0. The van der Waals surface area contributed by atoms with Crippen LogP contribution >= 0.6 is 23.2 Å². The van der Waals surface area contributed by atoms with Gasteiger partial charge in [-0.25, -0.2) is 4.39 Å². The van der Waals surface area contributed by atoms with Crippen molar-refractivity contribution in [2.45, 2.75) is 6.04 Å². The SMILES string of the molecule is CNC(c1cc2cc(F)ccc2o1)c1c(Cl)cccc1Cl. The molecule has 0 aliphatic rings. The van der Waals surface area contributed by atoms with Crippen LogP contribution in [0.5, 0.6) is 0 Å². The number of furan rings is 1. The van der Waals surface area contributed by atoms with E-state index in [-0.39, 0.29) is 11.9 Å². The average molecular weight is 324 g/mol. The zero-order valence-electron chi connectivity index (χ0n) is 11.2. The molecule has 0 aliphatic carbocycles. The molecule has 0 bridgehead atoms. The molecule has 1 atom stereocenters. The Hall–Kier alpha value is -1.55. The molecule has 0 saturated carbocycles. The first-order chi connectivity index (χ1) is 10.1. The van der Waals surface area contributed by atoms with Crippen molar-refractivity contribution in [3.63, 3.8) is 0 Å². The standard InChI is InChI=1S/C16H12Cl2FNO/c1-20-16(15-11(17)3-2-4-12(15)18)14-8-9-7-10(19)5-6-13(9)21-14/h2-8,16,20H,1H3. The normalized spacial score (nSPS) is 12.8. The number of fused-ring (bicyclic) bond motifs is 1. The summed E-state index contributed by atoms with van der Waals surface area (Å²) in [5.41, 5.74) is 1.36. The molecule has 3 aromatic rings. The van der Waals surface area contributed by atoms with E-state index in [0.717, 1.165) is 5.56 Å². The highest BCUT2D eigenvalue weighted by Crippen LogP contribution is 2.36. The van der Waals surface area contributed by atoms with Crippen molar-refractivity contribution in [2.75, 3.05) is 7.05 Å². The van der Waals surface area contributed by atoms with E-state index in [2.05, 4.69) is 5.32 Å². The maximum atomic E-state index is 13.3. The summed E-state index contributed by atoms with van der Waals surface area (Å²) in [4.78, 5) is 0. The lowest BCUT2D eigenvalue weighted by atomic mass is 10.0. The minimum Gasteiger partial charge on any atom is -0.459 e. The first kappa shape index (κ1) is 14.4. The lowest BCUT2D eigenvalue weighted by molar-refractivity contribution is 0.491. The third kappa shape index (κ3) is 2.64. The van der Waals surface area contributed by atoms with Crippen molar-refractivity contribution in [2.24, 2.45) is 0 Å². The fourth-order valence-electron chi connectivity index (χ4n) is 2.39. The maximum absolute atomic E-state index is 13.3. The summed E-state index contributed by atoms with van der Waals surface area (Å²) in [5.74, 6) is 0.333. The van der Waals surface area contributed by atoms with Crippen LogP contribution < -0.4 is 5.32 Å². The summed E-state index contributed by atoms with van der Waals surface area (Å²) in [7, 11) is 1.79. The molecule has 0 fully saturated rings. The molecule has 1 unspecified atom stereocenters. The summed E-state index contributed by atoms with van der Waals surface area (Å²) >= 11 is 12.5. The molecular formula is C16H12Cl2FNO. The number of halogens is 3. The fraction of sp³-hybridized carbons (Fsp3) is 0.125. The van der Waals surface area contributed by atoms with Crippen LogP contribution in [0.1, 0.15) is 17.4 Å². The van der Waals surface area contributed by atoms with Gasteiger partial charge in [0.2, 0.25) is 0 Å². The summed E-state index contributed by atoms with van der Waals surface area (Å²) in [6.07, 6.45) is 0. The second kappa shape index (κ2) is 5.68. The van der Waals surface area contributed by atoms with E-state index in [0.29, 0.717) is 26.8 Å². The molecule has 1 aromatic heterocycles. The highest BCUT2D eigenvalue weighted by Gasteiger charge is 2.22. The summed E-state index contributed by atoms with van der Waals surface area (Å²) in [6.45, 7) is 0. The van der Waals surface area contributed by atoms with E-state index >= 15 is 0 Å². The van der Waals surface area contributed by atoms with Gasteiger partial charge in [-0.2, -0.15) is 0 Å². The maximum Gasteiger partial charge on any atom is 0.134 e. The van der Waals surface area contributed by atoms with E-state index < -0.39 is 0 Å². The highest BCUT2D eigenvalue weighted by molar-refractivity contribution is 6.36. The second-order valence-corrected chi connectivity index (χ2v) is 5.50. The van der Waals surface area contributed by atoms with Gasteiger partial charge >= 0.3 is 0 Å². The van der Waals surface area contributed by atoms with Crippen molar-refractivity contribution in [1.29, 1.82) is 0 Å². The van der Waals surface area contributed by atoms with E-state index in [1.165, 1.54) is 12.1 Å². The van der Waals surface area contributed by atoms with Gasteiger partial charge in [0.1, 0.15) is 17.2 Å². The van der Waals surface area contributed by atoms with Gasteiger partial charge < -0.3 is 9.73 Å². The lowest BCUT2D eigenvalue weighted by Crippen LogP contribution is -2.17. The Morgan fingerprint density at radius 1 is 1.10 bits per heavy atom. The minimum atomic E-state index is -0.304. The van der Waals surface area contributed by atoms with Crippen molar-refractivity contribution >= 4 is 34.2 Å². The predicted octanol–water partition coefficient (Wildman–Crippen LogP) is 5.19. The van der Waals surface area contributed by atoms with Gasteiger partial charge in [-0.3, -0.25) is 0 Å². The largest absolute Gasteiger partial charge is 0.459 e. The van der Waals surface area contributed by atoms with Gasteiger partial charge in [-0.1, -0.05) is 29.3 Å². The van der Waals surface area contributed by atoms with Crippen LogP contribution in [-0.4, -0.2) is 7.05 Å². The number of benzene rings is 2. The summed E-state index contributed by atoms with van der Waals surface area (Å²) in [5, 5.41) is 4.94. The molecule has 0 aliphatic heterocycles. The van der Waals surface area contributed by atoms with Gasteiger partial charge in [0.05, 0.1) is 6.04 Å². The van der Waals surface area contributed by atoms with Crippen LogP contribution in [0.15, 0.2) is 46.9 Å². The number of rotatable bonds is 3. The topological polar surface area (TPSA) is 25.2 Å². The molecular weight excluding hydrogens is 312 g/mol.